The molecule has 0 bridgehead atoms. The minimum absolute atomic E-state index is 0.366. The Kier molecular flexibility index (Phi) is 4.32. The van der Waals surface area contributed by atoms with Gasteiger partial charge in [-0.05, 0) is 25.1 Å². The summed E-state index contributed by atoms with van der Waals surface area (Å²) in [5.41, 5.74) is 0. The molecule has 104 valence electrons. The molecule has 17 heavy (non-hydrogen) atoms. The highest BCUT2D eigenvalue weighted by Crippen LogP contribution is 2.48. The Morgan fingerprint density at radius 1 is 1.18 bits per heavy atom. The lowest BCUT2D eigenvalue weighted by molar-refractivity contribution is -0.204. The molecule has 2 unspecified atom stereocenters. The van der Waals surface area contributed by atoms with Crippen LogP contribution in [0, 0.1) is 0 Å². The van der Waals surface area contributed by atoms with E-state index >= 15 is 0 Å². The summed E-state index contributed by atoms with van der Waals surface area (Å²) in [4.78, 5) is 0. The van der Waals surface area contributed by atoms with Crippen LogP contribution in [0.2, 0.25) is 0 Å². The number of sulfonamides is 1. The van der Waals surface area contributed by atoms with E-state index in [1.165, 1.54) is 0 Å². The van der Waals surface area contributed by atoms with Crippen LogP contribution in [0.1, 0.15) is 6.92 Å². The van der Waals surface area contributed by atoms with Crippen molar-refractivity contribution >= 4 is 21.1 Å². The quantitative estimate of drug-likeness (QED) is 0.586. The molecular weight excluding hydrogens is 297 g/mol. The summed E-state index contributed by atoms with van der Waals surface area (Å²) in [6, 6.07) is 0. The van der Waals surface area contributed by atoms with E-state index in [9.17, 15) is 39.1 Å². The molecule has 0 fully saturated rings. The van der Waals surface area contributed by atoms with E-state index in [4.69, 9.17) is 0 Å². The molecule has 0 spiro atoms. The molecule has 0 aliphatic heterocycles. The van der Waals surface area contributed by atoms with Crippen molar-refractivity contribution in [3.05, 3.63) is 0 Å². The van der Waals surface area contributed by atoms with Crippen LogP contribution >= 0.6 is 0 Å². The van der Waals surface area contributed by atoms with E-state index < -0.39 is 37.3 Å². The van der Waals surface area contributed by atoms with Gasteiger partial charge in [0.15, 0.2) is 0 Å². The molecule has 0 rings (SSSR count). The number of rotatable bonds is 5. The van der Waals surface area contributed by atoms with Crippen LogP contribution in [-0.2, 0) is 21.1 Å². The van der Waals surface area contributed by atoms with E-state index in [0.717, 1.165) is 4.72 Å². The van der Waals surface area contributed by atoms with Crippen LogP contribution in [0.3, 0.4) is 0 Å². The van der Waals surface area contributed by atoms with Crippen molar-refractivity contribution in [1.82, 2.24) is 4.72 Å². The first kappa shape index (κ1) is 16.7. The predicted octanol–water partition coefficient (Wildman–Crippen LogP) is 0.329. The van der Waals surface area contributed by atoms with Crippen LogP contribution in [0.5, 0.6) is 0 Å². The molecule has 1 N–H and O–H groups in total. The van der Waals surface area contributed by atoms with Gasteiger partial charge < -0.3 is 4.55 Å². The van der Waals surface area contributed by atoms with Gasteiger partial charge in [0.25, 0.3) is 10.0 Å². The average Bonchev–Trinajstić information content (AvgIpc) is 2.16. The van der Waals surface area contributed by atoms with Gasteiger partial charge in [-0.15, -0.1) is 0 Å². The summed E-state index contributed by atoms with van der Waals surface area (Å²) in [5.74, 6) is -5.96. The molecule has 0 aromatic heterocycles. The van der Waals surface area contributed by atoms with Gasteiger partial charge in [0.1, 0.15) is 0 Å². The maximum absolute atomic E-state index is 13.0. The molecule has 0 saturated heterocycles. The fraction of sp³-hybridized carbons (Fsp3) is 1.00. The number of hydrogen-bond acceptors (Lipinski definition) is 4. The average molecular weight is 304 g/mol. The molecule has 12 heteroatoms. The Morgan fingerprint density at radius 2 is 1.53 bits per heavy atom. The van der Waals surface area contributed by atoms with Gasteiger partial charge >= 0.3 is 11.2 Å². The molecule has 0 heterocycles. The van der Waals surface area contributed by atoms with Crippen LogP contribution in [0.4, 0.5) is 22.0 Å². The Hall–Kier alpha value is -0.330. The summed E-state index contributed by atoms with van der Waals surface area (Å²) >= 11 is -4.27. The van der Waals surface area contributed by atoms with E-state index in [1.807, 2.05) is 0 Å². The molecule has 0 amide bonds. The number of hydrogen-bond donors (Lipinski definition) is 1. The highest BCUT2D eigenvalue weighted by Gasteiger charge is 2.75. The number of halogens is 5. The number of nitrogens with one attached hydrogen (secondary N) is 1. The first-order valence-electron chi connectivity index (χ1n) is 3.72. The maximum atomic E-state index is 13.0. The highest BCUT2D eigenvalue weighted by molar-refractivity contribution is 7.90. The van der Waals surface area contributed by atoms with E-state index in [-0.39, 0.29) is 6.92 Å². The van der Waals surface area contributed by atoms with Crippen molar-refractivity contribution in [3.63, 3.8) is 0 Å². The normalized spacial score (nSPS) is 19.8. The zero-order valence-corrected chi connectivity index (χ0v) is 9.97. The smallest absolute Gasteiger partial charge is 0.424 e. The van der Waals surface area contributed by atoms with Gasteiger partial charge in [-0.25, -0.2) is 17.5 Å². The van der Waals surface area contributed by atoms with Gasteiger partial charge in [0.2, 0.25) is 5.00 Å². The van der Waals surface area contributed by atoms with Gasteiger partial charge in [-0.1, -0.05) is 0 Å². The predicted molar refractivity (Wildman–Crippen MR) is 46.3 cm³/mol. The standard InChI is InChI=1S/C5H8F5NO4S2/c1-3(6,16(12)13)4(7,8)5(9,10)17(14,15)11-2/h11H,1-2H3,(H,12,13)/p-1. The Balaban J connectivity index is 5.87. The lowest BCUT2D eigenvalue weighted by atomic mass is 10.2. The Labute approximate surface area is 95.7 Å². The molecule has 5 nitrogen and oxygen atoms in total. The van der Waals surface area contributed by atoms with Crippen molar-refractivity contribution < 1.29 is 39.1 Å². The minimum Gasteiger partial charge on any atom is -0.770 e. The number of alkyl halides is 5. The van der Waals surface area contributed by atoms with Gasteiger partial charge in [0.05, 0.1) is 0 Å². The van der Waals surface area contributed by atoms with E-state index in [1.54, 1.807) is 0 Å². The molecule has 0 aliphatic carbocycles. The zero-order chi connectivity index (χ0) is 14.3. The van der Waals surface area contributed by atoms with Crippen LogP contribution in [-0.4, -0.2) is 40.4 Å². The summed E-state index contributed by atoms with van der Waals surface area (Å²) < 4.78 is 107. The molecule has 2 atom stereocenters. The van der Waals surface area contributed by atoms with Crippen molar-refractivity contribution in [2.24, 2.45) is 0 Å². The fourth-order valence-corrected chi connectivity index (χ4v) is 1.85. The maximum Gasteiger partial charge on any atom is 0.424 e. The third kappa shape index (κ3) is 2.30. The van der Waals surface area contributed by atoms with Crippen molar-refractivity contribution in [3.8, 4) is 0 Å². The third-order valence-electron chi connectivity index (χ3n) is 1.85. The van der Waals surface area contributed by atoms with Crippen molar-refractivity contribution in [2.45, 2.75) is 23.1 Å². The topological polar surface area (TPSA) is 86.3 Å². The second-order valence-corrected chi connectivity index (χ2v) is 6.11. The molecule has 0 aromatic carbocycles. The molecular formula is C5H7F5NO4S2-. The van der Waals surface area contributed by atoms with Gasteiger partial charge in [0, 0.05) is 0 Å². The van der Waals surface area contributed by atoms with E-state index in [2.05, 4.69) is 0 Å². The Bertz CT molecular complexity index is 420. The lowest BCUT2D eigenvalue weighted by Crippen LogP contribution is -2.61. The van der Waals surface area contributed by atoms with Gasteiger partial charge in [-0.2, -0.15) is 17.6 Å². The second-order valence-electron chi connectivity index (χ2n) is 2.95. The van der Waals surface area contributed by atoms with E-state index in [0.29, 0.717) is 7.05 Å². The summed E-state index contributed by atoms with van der Waals surface area (Å²) in [7, 11) is -5.53. The summed E-state index contributed by atoms with van der Waals surface area (Å²) in [6.07, 6.45) is 0. The molecule has 0 saturated carbocycles. The van der Waals surface area contributed by atoms with Crippen LogP contribution < -0.4 is 4.72 Å². The van der Waals surface area contributed by atoms with Crippen molar-refractivity contribution in [1.29, 1.82) is 0 Å². The van der Waals surface area contributed by atoms with Crippen LogP contribution in [0.15, 0.2) is 0 Å². The van der Waals surface area contributed by atoms with Gasteiger partial charge in [-0.3, -0.25) is 4.21 Å². The molecule has 0 radical (unpaired) electrons. The third-order valence-corrected chi connectivity index (χ3v) is 4.20. The summed E-state index contributed by atoms with van der Waals surface area (Å²) in [5, 5.41) is -10.7. The SMILES string of the molecule is CNS(=O)(=O)C(F)(F)C(F)(F)C(C)(F)S(=O)[O-]. The molecule has 0 aliphatic rings. The summed E-state index contributed by atoms with van der Waals surface area (Å²) in [6.45, 7) is -0.366. The largest absolute Gasteiger partial charge is 0.770 e. The zero-order valence-electron chi connectivity index (χ0n) is 8.34. The lowest BCUT2D eigenvalue weighted by Gasteiger charge is -2.35. The van der Waals surface area contributed by atoms with Crippen molar-refractivity contribution in [2.75, 3.05) is 7.05 Å². The monoisotopic (exact) mass is 304 g/mol. The first-order valence-corrected chi connectivity index (χ1v) is 6.28. The van der Waals surface area contributed by atoms with Crippen LogP contribution in [0.25, 0.3) is 0 Å². The molecule has 0 aromatic rings. The highest BCUT2D eigenvalue weighted by atomic mass is 32.2. The second kappa shape index (κ2) is 4.40. The minimum atomic E-state index is -5.96. The fourth-order valence-electron chi connectivity index (χ4n) is 0.662. The Morgan fingerprint density at radius 3 is 1.76 bits per heavy atom. The first-order chi connectivity index (χ1) is 7.25.